The standard InChI is InChI=1S/C11H10N4O4S/c1-5-3-7(19-2)14-11(12-5)15-8(16)9-13-6(4-20-9)10(17)18/h3-4H,1-2H3,(H,17,18)(H,12,14,15,16). The van der Waals surface area contributed by atoms with E-state index in [1.165, 1.54) is 12.5 Å². The molecule has 0 saturated heterocycles. The third kappa shape index (κ3) is 3.06. The lowest BCUT2D eigenvalue weighted by Crippen LogP contribution is -2.15. The molecular formula is C11H10N4O4S. The number of carbonyl (C=O) groups is 2. The Labute approximate surface area is 117 Å². The summed E-state index contributed by atoms with van der Waals surface area (Å²) in [5.41, 5.74) is 0.445. The van der Waals surface area contributed by atoms with Gasteiger partial charge in [0, 0.05) is 17.1 Å². The SMILES string of the molecule is COc1cc(C)nc(NC(=O)c2nc(C(=O)O)cs2)n1. The second-order valence-corrected chi connectivity index (χ2v) is 4.53. The van der Waals surface area contributed by atoms with Gasteiger partial charge in [-0.3, -0.25) is 10.1 Å². The summed E-state index contributed by atoms with van der Waals surface area (Å²) in [7, 11) is 1.45. The Morgan fingerprint density at radius 2 is 2.10 bits per heavy atom. The molecule has 0 aliphatic heterocycles. The third-order valence-electron chi connectivity index (χ3n) is 2.18. The number of hydrogen-bond acceptors (Lipinski definition) is 7. The molecule has 0 atom stereocenters. The van der Waals surface area contributed by atoms with Crippen molar-refractivity contribution in [2.75, 3.05) is 12.4 Å². The van der Waals surface area contributed by atoms with Crippen LogP contribution in [0.4, 0.5) is 5.95 Å². The van der Waals surface area contributed by atoms with Crippen LogP contribution >= 0.6 is 11.3 Å². The van der Waals surface area contributed by atoms with Crippen molar-refractivity contribution in [1.82, 2.24) is 15.0 Å². The summed E-state index contributed by atoms with van der Waals surface area (Å²) < 4.78 is 4.97. The highest BCUT2D eigenvalue weighted by Crippen LogP contribution is 2.14. The maximum absolute atomic E-state index is 11.9. The number of ether oxygens (including phenoxy) is 1. The number of amides is 1. The van der Waals surface area contributed by atoms with Gasteiger partial charge in [-0.1, -0.05) is 0 Å². The minimum atomic E-state index is -1.19. The Hall–Kier alpha value is -2.55. The molecule has 0 fully saturated rings. The number of rotatable bonds is 4. The Kier molecular flexibility index (Phi) is 3.89. The quantitative estimate of drug-likeness (QED) is 0.870. The van der Waals surface area contributed by atoms with Crippen molar-refractivity contribution in [2.24, 2.45) is 0 Å². The summed E-state index contributed by atoms with van der Waals surface area (Å²) in [6.45, 7) is 1.73. The third-order valence-corrected chi connectivity index (χ3v) is 3.02. The van der Waals surface area contributed by atoms with E-state index in [0.717, 1.165) is 11.3 Å². The smallest absolute Gasteiger partial charge is 0.355 e. The molecule has 2 rings (SSSR count). The van der Waals surface area contributed by atoms with Crippen LogP contribution in [0.2, 0.25) is 0 Å². The zero-order valence-corrected chi connectivity index (χ0v) is 11.4. The lowest BCUT2D eigenvalue weighted by atomic mass is 10.4. The number of nitrogens with one attached hydrogen (secondary N) is 1. The summed E-state index contributed by atoms with van der Waals surface area (Å²) in [5, 5.41) is 12.5. The molecule has 0 aromatic carbocycles. The Morgan fingerprint density at radius 1 is 1.35 bits per heavy atom. The molecule has 2 aromatic rings. The van der Waals surface area contributed by atoms with Crippen LogP contribution in [0.25, 0.3) is 0 Å². The number of carboxylic acids is 1. The molecule has 2 aromatic heterocycles. The molecule has 8 nitrogen and oxygen atoms in total. The van der Waals surface area contributed by atoms with Gasteiger partial charge in [-0.15, -0.1) is 11.3 Å². The number of hydrogen-bond donors (Lipinski definition) is 2. The number of thiazole rings is 1. The summed E-state index contributed by atoms with van der Waals surface area (Å²) in [6.07, 6.45) is 0. The van der Waals surface area contributed by atoms with Crippen LogP contribution in [-0.4, -0.2) is 39.0 Å². The monoisotopic (exact) mass is 294 g/mol. The van der Waals surface area contributed by atoms with Gasteiger partial charge >= 0.3 is 5.97 Å². The molecule has 0 radical (unpaired) electrons. The fourth-order valence-electron chi connectivity index (χ4n) is 1.33. The van der Waals surface area contributed by atoms with E-state index in [1.807, 2.05) is 0 Å². The highest BCUT2D eigenvalue weighted by atomic mass is 32.1. The van der Waals surface area contributed by atoms with Crippen LogP contribution in [0.15, 0.2) is 11.4 Å². The van der Waals surface area contributed by atoms with E-state index in [1.54, 1.807) is 13.0 Å². The average Bonchev–Trinajstić information content (AvgIpc) is 2.87. The van der Waals surface area contributed by atoms with E-state index < -0.39 is 11.9 Å². The van der Waals surface area contributed by atoms with Crippen LogP contribution < -0.4 is 10.1 Å². The van der Waals surface area contributed by atoms with Gasteiger partial charge in [0.2, 0.25) is 11.8 Å². The molecule has 0 aliphatic carbocycles. The van der Waals surface area contributed by atoms with Crippen LogP contribution in [0.1, 0.15) is 26.0 Å². The highest BCUT2D eigenvalue weighted by Gasteiger charge is 2.16. The maximum atomic E-state index is 11.9. The second-order valence-electron chi connectivity index (χ2n) is 3.67. The lowest BCUT2D eigenvalue weighted by molar-refractivity contribution is 0.0691. The average molecular weight is 294 g/mol. The number of methoxy groups -OCH3 is 1. The van der Waals surface area contributed by atoms with Crippen LogP contribution in [-0.2, 0) is 0 Å². The first kappa shape index (κ1) is 13.9. The second kappa shape index (κ2) is 5.61. The maximum Gasteiger partial charge on any atom is 0.355 e. The van der Waals surface area contributed by atoms with Gasteiger partial charge in [-0.05, 0) is 6.92 Å². The highest BCUT2D eigenvalue weighted by molar-refractivity contribution is 7.12. The molecule has 0 bridgehead atoms. The summed E-state index contributed by atoms with van der Waals surface area (Å²) in [5.74, 6) is -1.37. The van der Waals surface area contributed by atoms with Crippen molar-refractivity contribution >= 4 is 29.2 Å². The van der Waals surface area contributed by atoms with Gasteiger partial charge in [-0.2, -0.15) is 4.98 Å². The van der Waals surface area contributed by atoms with E-state index in [-0.39, 0.29) is 16.6 Å². The topological polar surface area (TPSA) is 114 Å². The molecule has 104 valence electrons. The van der Waals surface area contributed by atoms with Gasteiger partial charge in [0.1, 0.15) is 0 Å². The Morgan fingerprint density at radius 3 is 2.70 bits per heavy atom. The molecule has 2 heterocycles. The molecule has 2 N–H and O–H groups in total. The number of aromatic nitrogens is 3. The first-order valence-electron chi connectivity index (χ1n) is 5.39. The van der Waals surface area contributed by atoms with Gasteiger partial charge in [-0.25, -0.2) is 14.8 Å². The summed E-state index contributed by atoms with van der Waals surface area (Å²) in [6, 6.07) is 1.61. The zero-order valence-electron chi connectivity index (χ0n) is 10.6. The van der Waals surface area contributed by atoms with Crippen molar-refractivity contribution in [1.29, 1.82) is 0 Å². The van der Waals surface area contributed by atoms with E-state index in [0.29, 0.717) is 11.6 Å². The molecular weight excluding hydrogens is 284 g/mol. The van der Waals surface area contributed by atoms with Crippen molar-refractivity contribution in [3.8, 4) is 5.88 Å². The Bertz CT molecular complexity index is 670. The first-order valence-corrected chi connectivity index (χ1v) is 6.27. The van der Waals surface area contributed by atoms with Crippen LogP contribution in [0, 0.1) is 6.92 Å². The van der Waals surface area contributed by atoms with E-state index in [9.17, 15) is 9.59 Å². The summed E-state index contributed by atoms with van der Waals surface area (Å²) >= 11 is 0.929. The predicted octanol–water partition coefficient (Wildman–Crippen LogP) is 1.20. The van der Waals surface area contributed by atoms with E-state index in [4.69, 9.17) is 9.84 Å². The number of nitrogens with zero attached hydrogens (tertiary/aromatic N) is 3. The number of anilines is 1. The van der Waals surface area contributed by atoms with E-state index in [2.05, 4.69) is 20.3 Å². The van der Waals surface area contributed by atoms with Crippen LogP contribution in [0.3, 0.4) is 0 Å². The van der Waals surface area contributed by atoms with Gasteiger partial charge in [0.15, 0.2) is 10.7 Å². The minimum Gasteiger partial charge on any atom is -0.481 e. The van der Waals surface area contributed by atoms with Gasteiger partial charge < -0.3 is 9.84 Å². The van der Waals surface area contributed by atoms with Gasteiger partial charge in [0.25, 0.3) is 5.91 Å². The largest absolute Gasteiger partial charge is 0.481 e. The summed E-state index contributed by atoms with van der Waals surface area (Å²) in [4.78, 5) is 34.3. The van der Waals surface area contributed by atoms with Crippen molar-refractivity contribution in [3.05, 3.63) is 27.8 Å². The lowest BCUT2D eigenvalue weighted by Gasteiger charge is -2.05. The van der Waals surface area contributed by atoms with E-state index >= 15 is 0 Å². The minimum absolute atomic E-state index is 0.0199. The van der Waals surface area contributed by atoms with Crippen molar-refractivity contribution in [2.45, 2.75) is 6.92 Å². The zero-order chi connectivity index (χ0) is 14.7. The van der Waals surface area contributed by atoms with Gasteiger partial charge in [0.05, 0.1) is 7.11 Å². The molecule has 1 amide bonds. The molecule has 0 aliphatic rings. The first-order chi connectivity index (χ1) is 9.49. The number of carbonyl (C=O) groups excluding carboxylic acids is 1. The number of aromatic carboxylic acids is 1. The number of carboxylic acid groups (broad SMARTS) is 1. The molecule has 20 heavy (non-hydrogen) atoms. The fraction of sp³-hybridized carbons (Fsp3) is 0.182. The predicted molar refractivity (Wildman–Crippen MR) is 70.3 cm³/mol. The van der Waals surface area contributed by atoms with Crippen LogP contribution in [0.5, 0.6) is 5.88 Å². The number of aryl methyl sites for hydroxylation is 1. The van der Waals surface area contributed by atoms with Crippen molar-refractivity contribution in [3.63, 3.8) is 0 Å². The normalized spacial score (nSPS) is 10.1. The molecule has 9 heteroatoms. The molecule has 0 saturated carbocycles. The molecule has 0 spiro atoms. The fourth-order valence-corrected chi connectivity index (χ4v) is 2.02. The molecule has 0 unspecified atom stereocenters. The Balaban J connectivity index is 2.18. The van der Waals surface area contributed by atoms with Crippen molar-refractivity contribution < 1.29 is 19.4 Å².